The lowest BCUT2D eigenvalue weighted by Crippen LogP contribution is -2.37. The second kappa shape index (κ2) is 4.28. The number of carboxylic acid groups (broad SMARTS) is 1. The number of benzene rings is 1. The van der Waals surface area contributed by atoms with Crippen molar-refractivity contribution in [3.8, 4) is 0 Å². The van der Waals surface area contributed by atoms with Crippen molar-refractivity contribution in [1.29, 1.82) is 0 Å². The molecular formula is C10H10BrFO3. The highest BCUT2D eigenvalue weighted by Crippen LogP contribution is 2.19. The maximum Gasteiger partial charge on any atom is 0.335 e. The van der Waals surface area contributed by atoms with Gasteiger partial charge in [-0.25, -0.2) is 9.18 Å². The molecule has 0 aliphatic carbocycles. The van der Waals surface area contributed by atoms with Gasteiger partial charge in [0.2, 0.25) is 0 Å². The summed E-state index contributed by atoms with van der Waals surface area (Å²) >= 11 is 3.09. The molecule has 0 aromatic heterocycles. The topological polar surface area (TPSA) is 57.5 Å². The summed E-state index contributed by atoms with van der Waals surface area (Å²) in [7, 11) is 0. The molecule has 15 heavy (non-hydrogen) atoms. The van der Waals surface area contributed by atoms with Gasteiger partial charge in [0.1, 0.15) is 5.82 Å². The molecule has 0 heterocycles. The zero-order valence-corrected chi connectivity index (χ0v) is 9.58. The summed E-state index contributed by atoms with van der Waals surface area (Å²) in [5, 5.41) is 18.2. The number of halogens is 2. The first-order valence-corrected chi connectivity index (χ1v) is 5.01. The van der Waals surface area contributed by atoms with E-state index < -0.39 is 17.4 Å². The first-order chi connectivity index (χ1) is 6.81. The quantitative estimate of drug-likeness (QED) is 0.888. The summed E-state index contributed by atoms with van der Waals surface area (Å²) in [5.74, 6) is -1.80. The molecule has 5 heteroatoms. The van der Waals surface area contributed by atoms with Crippen LogP contribution in [0.15, 0.2) is 22.7 Å². The van der Waals surface area contributed by atoms with Gasteiger partial charge in [-0.2, -0.15) is 0 Å². The number of aliphatic carboxylic acids is 1. The van der Waals surface area contributed by atoms with Gasteiger partial charge in [0.05, 0.1) is 0 Å². The van der Waals surface area contributed by atoms with Crippen LogP contribution in [0.4, 0.5) is 4.39 Å². The van der Waals surface area contributed by atoms with Crippen molar-refractivity contribution in [3.63, 3.8) is 0 Å². The molecular weight excluding hydrogens is 267 g/mol. The lowest BCUT2D eigenvalue weighted by Gasteiger charge is -2.17. The van der Waals surface area contributed by atoms with Crippen LogP contribution < -0.4 is 0 Å². The third kappa shape index (κ3) is 3.28. The molecule has 0 saturated carbocycles. The highest BCUT2D eigenvalue weighted by atomic mass is 79.9. The minimum Gasteiger partial charge on any atom is -0.479 e. The Morgan fingerprint density at radius 1 is 1.53 bits per heavy atom. The van der Waals surface area contributed by atoms with E-state index in [1.807, 2.05) is 0 Å². The van der Waals surface area contributed by atoms with Crippen molar-refractivity contribution in [1.82, 2.24) is 0 Å². The van der Waals surface area contributed by atoms with E-state index in [2.05, 4.69) is 15.9 Å². The molecule has 0 fully saturated rings. The van der Waals surface area contributed by atoms with E-state index in [1.165, 1.54) is 19.1 Å². The van der Waals surface area contributed by atoms with Crippen LogP contribution in [0, 0.1) is 5.82 Å². The Morgan fingerprint density at radius 3 is 2.60 bits per heavy atom. The number of carboxylic acids is 1. The summed E-state index contributed by atoms with van der Waals surface area (Å²) in [6, 6.07) is 4.03. The van der Waals surface area contributed by atoms with E-state index in [0.717, 1.165) is 0 Å². The van der Waals surface area contributed by atoms with Crippen molar-refractivity contribution in [2.75, 3.05) is 0 Å². The first-order valence-electron chi connectivity index (χ1n) is 4.22. The fourth-order valence-electron chi connectivity index (χ4n) is 1.19. The fourth-order valence-corrected chi connectivity index (χ4v) is 1.70. The third-order valence-corrected chi connectivity index (χ3v) is 2.39. The largest absolute Gasteiger partial charge is 0.479 e. The van der Waals surface area contributed by atoms with Crippen LogP contribution in [0.3, 0.4) is 0 Å². The van der Waals surface area contributed by atoms with Gasteiger partial charge in [0, 0.05) is 10.9 Å². The molecule has 2 N–H and O–H groups in total. The van der Waals surface area contributed by atoms with Gasteiger partial charge in [-0.15, -0.1) is 0 Å². The van der Waals surface area contributed by atoms with Crippen LogP contribution in [0.25, 0.3) is 0 Å². The molecule has 1 rings (SSSR count). The highest BCUT2D eigenvalue weighted by molar-refractivity contribution is 9.10. The number of rotatable bonds is 3. The maximum absolute atomic E-state index is 12.9. The van der Waals surface area contributed by atoms with Crippen molar-refractivity contribution in [3.05, 3.63) is 34.1 Å². The minimum atomic E-state index is -1.88. The maximum atomic E-state index is 12.9. The van der Waals surface area contributed by atoms with Gasteiger partial charge in [-0.3, -0.25) is 0 Å². The lowest BCUT2D eigenvalue weighted by atomic mass is 9.97. The Balaban J connectivity index is 2.94. The lowest BCUT2D eigenvalue weighted by molar-refractivity contribution is -0.156. The molecule has 0 amide bonds. The van der Waals surface area contributed by atoms with Gasteiger partial charge < -0.3 is 10.2 Å². The van der Waals surface area contributed by atoms with Crippen LogP contribution in [0.1, 0.15) is 12.5 Å². The molecule has 82 valence electrons. The van der Waals surface area contributed by atoms with Crippen LogP contribution in [0.5, 0.6) is 0 Å². The molecule has 0 aliphatic rings. The number of carbonyl (C=O) groups is 1. The van der Waals surface area contributed by atoms with E-state index in [1.54, 1.807) is 6.07 Å². The monoisotopic (exact) mass is 276 g/mol. The van der Waals surface area contributed by atoms with E-state index in [4.69, 9.17) is 5.11 Å². The van der Waals surface area contributed by atoms with E-state index in [0.29, 0.717) is 10.0 Å². The molecule has 0 aliphatic heterocycles. The van der Waals surface area contributed by atoms with Crippen LogP contribution in [-0.2, 0) is 11.2 Å². The van der Waals surface area contributed by atoms with Crippen molar-refractivity contribution in [2.45, 2.75) is 18.9 Å². The van der Waals surface area contributed by atoms with Crippen molar-refractivity contribution >= 4 is 21.9 Å². The van der Waals surface area contributed by atoms with Gasteiger partial charge >= 0.3 is 5.97 Å². The Labute approximate surface area is 94.7 Å². The molecule has 3 nitrogen and oxygen atoms in total. The summed E-state index contributed by atoms with van der Waals surface area (Å²) in [4.78, 5) is 10.6. The molecule has 0 spiro atoms. The summed E-state index contributed by atoms with van der Waals surface area (Å²) in [6.07, 6.45) is -0.140. The van der Waals surface area contributed by atoms with Gasteiger partial charge in [0.15, 0.2) is 5.60 Å². The van der Waals surface area contributed by atoms with Gasteiger partial charge in [-0.05, 0) is 30.7 Å². The average Bonchev–Trinajstić information content (AvgIpc) is 1.99. The van der Waals surface area contributed by atoms with Crippen LogP contribution in [0.2, 0.25) is 0 Å². The van der Waals surface area contributed by atoms with E-state index in [-0.39, 0.29) is 6.42 Å². The first kappa shape index (κ1) is 12.1. The zero-order chi connectivity index (χ0) is 11.6. The number of aliphatic hydroxyl groups is 1. The van der Waals surface area contributed by atoms with Crippen molar-refractivity contribution < 1.29 is 19.4 Å². The Kier molecular flexibility index (Phi) is 3.46. The third-order valence-electron chi connectivity index (χ3n) is 1.93. The average molecular weight is 277 g/mol. The zero-order valence-electron chi connectivity index (χ0n) is 8.00. The number of hydrogen-bond acceptors (Lipinski definition) is 2. The van der Waals surface area contributed by atoms with E-state index in [9.17, 15) is 14.3 Å². The fraction of sp³-hybridized carbons (Fsp3) is 0.300. The van der Waals surface area contributed by atoms with E-state index >= 15 is 0 Å². The summed E-state index contributed by atoms with van der Waals surface area (Å²) < 4.78 is 13.5. The molecule has 1 aromatic carbocycles. The molecule has 1 aromatic rings. The SMILES string of the molecule is CC(O)(Cc1cc(F)cc(Br)c1)C(=O)O. The molecule has 1 unspecified atom stereocenters. The molecule has 0 bridgehead atoms. The predicted octanol–water partition coefficient (Wildman–Crippen LogP) is 1.97. The van der Waals surface area contributed by atoms with Gasteiger partial charge in [-0.1, -0.05) is 15.9 Å². The smallest absolute Gasteiger partial charge is 0.335 e. The van der Waals surface area contributed by atoms with Crippen LogP contribution in [-0.4, -0.2) is 21.8 Å². The van der Waals surface area contributed by atoms with Crippen LogP contribution >= 0.6 is 15.9 Å². The Morgan fingerprint density at radius 2 is 2.13 bits per heavy atom. The second-order valence-electron chi connectivity index (χ2n) is 3.53. The van der Waals surface area contributed by atoms with Crippen molar-refractivity contribution in [2.24, 2.45) is 0 Å². The minimum absolute atomic E-state index is 0.140. The molecule has 0 saturated heterocycles. The van der Waals surface area contributed by atoms with Gasteiger partial charge in [0.25, 0.3) is 0 Å². The Bertz CT molecular complexity index is 370. The summed E-state index contributed by atoms with van der Waals surface area (Å²) in [5.41, 5.74) is -1.46. The Hall–Kier alpha value is -0.940. The standard InChI is InChI=1S/C10H10BrFO3/c1-10(15,9(13)14)5-6-2-7(11)4-8(12)3-6/h2-4,15H,5H2,1H3,(H,13,14). The summed E-state index contributed by atoms with van der Waals surface area (Å²) in [6.45, 7) is 1.17. The second-order valence-corrected chi connectivity index (χ2v) is 4.45. The molecule has 1 atom stereocenters. The number of hydrogen-bond donors (Lipinski definition) is 2. The highest BCUT2D eigenvalue weighted by Gasteiger charge is 2.30. The molecule has 0 radical (unpaired) electrons. The predicted molar refractivity (Wildman–Crippen MR) is 56.1 cm³/mol. The normalized spacial score (nSPS) is 14.7.